The molecule has 9 heteroatoms. The predicted molar refractivity (Wildman–Crippen MR) is 103 cm³/mol. The van der Waals surface area contributed by atoms with Crippen LogP contribution in [0.3, 0.4) is 0 Å². The number of sulfonamides is 1. The van der Waals surface area contributed by atoms with Crippen molar-refractivity contribution in [2.75, 3.05) is 11.0 Å². The van der Waals surface area contributed by atoms with Crippen LogP contribution in [0.4, 0.5) is 5.69 Å². The lowest BCUT2D eigenvalue weighted by molar-refractivity contribution is -0.123. The molecule has 4 unspecified atom stereocenters. The lowest BCUT2D eigenvalue weighted by Gasteiger charge is -2.21. The van der Waals surface area contributed by atoms with E-state index in [0.29, 0.717) is 11.6 Å². The van der Waals surface area contributed by atoms with Gasteiger partial charge in [-0.1, -0.05) is 41.9 Å². The van der Waals surface area contributed by atoms with Gasteiger partial charge in [0, 0.05) is 11.7 Å². The number of carbonyl (C=O) groups excluding carboxylic acids is 1. The van der Waals surface area contributed by atoms with Gasteiger partial charge in [0.15, 0.2) is 0 Å². The molecule has 7 nitrogen and oxygen atoms in total. The lowest BCUT2D eigenvalue weighted by atomic mass is 9.99. The summed E-state index contributed by atoms with van der Waals surface area (Å²) in [4.78, 5) is 12.6. The minimum absolute atomic E-state index is 0.0158. The second kappa shape index (κ2) is 8.03. The van der Waals surface area contributed by atoms with E-state index in [1.807, 2.05) is 13.0 Å². The first-order chi connectivity index (χ1) is 11.6. The van der Waals surface area contributed by atoms with Gasteiger partial charge in [-0.25, -0.2) is 13.8 Å². The van der Waals surface area contributed by atoms with Gasteiger partial charge in [-0.2, -0.15) is 0 Å². The number of carbonyl (C=O) groups is 1. The monoisotopic (exact) mass is 432 g/mol. The average molecular weight is 433 g/mol. The minimum atomic E-state index is -3.34. The third-order valence-electron chi connectivity index (χ3n) is 4.12. The van der Waals surface area contributed by atoms with E-state index in [0.717, 1.165) is 11.8 Å². The van der Waals surface area contributed by atoms with Gasteiger partial charge in [-0.05, 0) is 30.5 Å². The predicted octanol–water partition coefficient (Wildman–Crippen LogP) is 1.50. The highest BCUT2D eigenvalue weighted by molar-refractivity contribution is 9.09. The molecule has 1 aliphatic heterocycles. The van der Waals surface area contributed by atoms with Crippen LogP contribution in [-0.4, -0.2) is 37.5 Å². The topological polar surface area (TPSA) is 99.3 Å². The molecule has 1 fully saturated rings. The van der Waals surface area contributed by atoms with E-state index in [1.165, 1.54) is 0 Å². The standard InChI is InChI=1S/C16H25BrN4O3S/c1-9(2)14-13(17)15(20-19-14)16(22)18-10(3)11-6-5-7-12(8-11)21-25(4,23)24/h5-10,13-15,19-21H,1-4H3,(H,18,22). The Kier molecular flexibility index (Phi) is 6.47. The summed E-state index contributed by atoms with van der Waals surface area (Å²) >= 11 is 3.60. The number of hydrazine groups is 1. The maximum Gasteiger partial charge on any atom is 0.240 e. The second-order valence-electron chi connectivity index (χ2n) is 6.71. The summed E-state index contributed by atoms with van der Waals surface area (Å²) in [5.74, 6) is 0.261. The summed E-state index contributed by atoms with van der Waals surface area (Å²) in [6.45, 7) is 6.05. The smallest absolute Gasteiger partial charge is 0.240 e. The summed E-state index contributed by atoms with van der Waals surface area (Å²) < 4.78 is 25.1. The fraction of sp³-hybridized carbons (Fsp3) is 0.562. The van der Waals surface area contributed by atoms with Crippen molar-refractivity contribution in [3.8, 4) is 0 Å². The Labute approximate surface area is 157 Å². The molecular formula is C16H25BrN4O3S. The molecule has 0 aliphatic carbocycles. The Morgan fingerprint density at radius 3 is 2.48 bits per heavy atom. The SMILES string of the molecule is CC(NC(=O)C1NNC(C(C)C)C1Br)c1cccc(NS(C)(=O)=O)c1. The van der Waals surface area contributed by atoms with Crippen LogP contribution < -0.4 is 20.9 Å². The first-order valence-electron chi connectivity index (χ1n) is 8.11. The molecule has 1 amide bonds. The van der Waals surface area contributed by atoms with Crippen molar-refractivity contribution in [2.45, 2.75) is 43.7 Å². The molecule has 1 aromatic rings. The van der Waals surface area contributed by atoms with Gasteiger partial charge in [0.2, 0.25) is 15.9 Å². The molecule has 25 heavy (non-hydrogen) atoms. The fourth-order valence-electron chi connectivity index (χ4n) is 2.77. The molecule has 0 spiro atoms. The van der Waals surface area contributed by atoms with E-state index in [1.54, 1.807) is 18.2 Å². The summed E-state index contributed by atoms with van der Waals surface area (Å²) in [5.41, 5.74) is 7.48. The van der Waals surface area contributed by atoms with Crippen LogP contribution in [0.1, 0.15) is 32.4 Å². The van der Waals surface area contributed by atoms with E-state index in [9.17, 15) is 13.2 Å². The number of alkyl halides is 1. The Morgan fingerprint density at radius 2 is 1.92 bits per heavy atom. The van der Waals surface area contributed by atoms with Crippen LogP contribution in [0.5, 0.6) is 0 Å². The first kappa shape index (κ1) is 20.2. The largest absolute Gasteiger partial charge is 0.348 e. The molecule has 1 aliphatic rings. The average Bonchev–Trinajstić information content (AvgIpc) is 2.87. The molecular weight excluding hydrogens is 408 g/mol. The van der Waals surface area contributed by atoms with E-state index in [2.05, 4.69) is 50.7 Å². The van der Waals surface area contributed by atoms with Crippen LogP contribution in [0.25, 0.3) is 0 Å². The fourth-order valence-corrected chi connectivity index (χ4v) is 4.44. The first-order valence-corrected chi connectivity index (χ1v) is 10.9. The maximum atomic E-state index is 12.6. The van der Waals surface area contributed by atoms with Crippen LogP contribution in [-0.2, 0) is 14.8 Å². The molecule has 1 saturated heterocycles. The molecule has 0 aromatic heterocycles. The Morgan fingerprint density at radius 1 is 1.24 bits per heavy atom. The third kappa shape index (κ3) is 5.40. The summed E-state index contributed by atoms with van der Waals surface area (Å²) in [6.07, 6.45) is 1.10. The highest BCUT2D eigenvalue weighted by atomic mass is 79.9. The van der Waals surface area contributed by atoms with Crippen LogP contribution in [0, 0.1) is 5.92 Å². The van der Waals surface area contributed by atoms with Gasteiger partial charge in [-0.3, -0.25) is 14.9 Å². The minimum Gasteiger partial charge on any atom is -0.348 e. The zero-order valence-corrected chi connectivity index (χ0v) is 17.1. The molecule has 1 aromatic carbocycles. The molecule has 0 saturated carbocycles. The van der Waals surface area contributed by atoms with Crippen molar-refractivity contribution < 1.29 is 13.2 Å². The van der Waals surface area contributed by atoms with Crippen LogP contribution in [0.2, 0.25) is 0 Å². The van der Waals surface area contributed by atoms with Gasteiger partial charge < -0.3 is 5.32 Å². The number of benzene rings is 1. The Bertz CT molecular complexity index is 726. The van der Waals surface area contributed by atoms with Crippen LogP contribution >= 0.6 is 15.9 Å². The van der Waals surface area contributed by atoms with Crippen molar-refractivity contribution in [3.63, 3.8) is 0 Å². The van der Waals surface area contributed by atoms with Gasteiger partial charge in [0.1, 0.15) is 6.04 Å². The molecule has 0 bridgehead atoms. The maximum absolute atomic E-state index is 12.6. The van der Waals surface area contributed by atoms with Crippen LogP contribution in [0.15, 0.2) is 24.3 Å². The number of halogens is 1. The van der Waals surface area contributed by atoms with E-state index in [4.69, 9.17) is 0 Å². The summed E-state index contributed by atoms with van der Waals surface area (Å²) in [6, 6.07) is 6.51. The molecule has 140 valence electrons. The van der Waals surface area contributed by atoms with Gasteiger partial charge in [0.05, 0.1) is 17.1 Å². The Balaban J connectivity index is 2.03. The number of hydrogen-bond acceptors (Lipinski definition) is 5. The van der Waals surface area contributed by atoms with Crippen molar-refractivity contribution in [2.24, 2.45) is 5.92 Å². The van der Waals surface area contributed by atoms with E-state index >= 15 is 0 Å². The normalized spacial score (nSPS) is 25.0. The number of rotatable bonds is 6. The van der Waals surface area contributed by atoms with Crippen molar-refractivity contribution in [3.05, 3.63) is 29.8 Å². The summed E-state index contributed by atoms with van der Waals surface area (Å²) in [5, 5.41) is 2.97. The zero-order valence-electron chi connectivity index (χ0n) is 14.7. The van der Waals surface area contributed by atoms with E-state index in [-0.39, 0.29) is 28.9 Å². The quantitative estimate of drug-likeness (QED) is 0.510. The van der Waals surface area contributed by atoms with Gasteiger partial charge >= 0.3 is 0 Å². The number of anilines is 1. The lowest BCUT2D eigenvalue weighted by Crippen LogP contribution is -2.46. The van der Waals surface area contributed by atoms with Gasteiger partial charge in [0.25, 0.3) is 0 Å². The molecule has 0 radical (unpaired) electrons. The molecule has 4 N–H and O–H groups in total. The third-order valence-corrected chi connectivity index (χ3v) is 5.82. The van der Waals surface area contributed by atoms with Crippen molar-refractivity contribution in [1.29, 1.82) is 0 Å². The van der Waals surface area contributed by atoms with Gasteiger partial charge in [-0.15, -0.1) is 0 Å². The second-order valence-corrected chi connectivity index (χ2v) is 9.52. The highest BCUT2D eigenvalue weighted by Gasteiger charge is 2.39. The molecule has 4 atom stereocenters. The van der Waals surface area contributed by atoms with Crippen molar-refractivity contribution in [1.82, 2.24) is 16.2 Å². The molecule has 2 rings (SSSR count). The Hall–Kier alpha value is -1.16. The molecule has 1 heterocycles. The van der Waals surface area contributed by atoms with Crippen molar-refractivity contribution >= 4 is 37.5 Å². The van der Waals surface area contributed by atoms with E-state index < -0.39 is 10.0 Å². The highest BCUT2D eigenvalue weighted by Crippen LogP contribution is 2.23. The number of nitrogens with one attached hydrogen (secondary N) is 4. The summed E-state index contributed by atoms with van der Waals surface area (Å²) in [7, 11) is -3.34. The number of hydrogen-bond donors (Lipinski definition) is 4. The number of amides is 1. The zero-order chi connectivity index (χ0) is 18.8.